The number of aromatic amines is 1. The first kappa shape index (κ1) is 14.5. The summed E-state index contributed by atoms with van der Waals surface area (Å²) in [6, 6.07) is 13.3. The number of halogens is 3. The van der Waals surface area contributed by atoms with Crippen molar-refractivity contribution >= 4 is 16.6 Å². The van der Waals surface area contributed by atoms with Crippen LogP contribution < -0.4 is 5.56 Å². The van der Waals surface area contributed by atoms with Crippen molar-refractivity contribution in [3.8, 4) is 11.3 Å². The Morgan fingerprint density at radius 3 is 2.42 bits per heavy atom. The second-order valence-electron chi connectivity index (χ2n) is 5.37. The molecular weight excluding hydrogens is 319 g/mol. The Bertz CT molecular complexity index is 1110. The Morgan fingerprint density at radius 2 is 1.71 bits per heavy atom. The van der Waals surface area contributed by atoms with E-state index in [2.05, 4.69) is 10.1 Å². The number of H-pyrrole nitrogens is 1. The second-order valence-corrected chi connectivity index (χ2v) is 5.37. The molecule has 0 aliphatic rings. The largest absolute Gasteiger partial charge is 0.416 e. The van der Waals surface area contributed by atoms with Gasteiger partial charge in [-0.2, -0.15) is 13.2 Å². The van der Waals surface area contributed by atoms with Crippen LogP contribution in [-0.4, -0.2) is 14.6 Å². The highest BCUT2D eigenvalue weighted by Crippen LogP contribution is 2.30. The van der Waals surface area contributed by atoms with E-state index in [-0.39, 0.29) is 5.56 Å². The summed E-state index contributed by atoms with van der Waals surface area (Å²) in [7, 11) is 0. The van der Waals surface area contributed by atoms with Gasteiger partial charge in [0.1, 0.15) is 0 Å². The fourth-order valence-corrected chi connectivity index (χ4v) is 2.62. The van der Waals surface area contributed by atoms with Crippen molar-refractivity contribution in [1.29, 1.82) is 0 Å². The van der Waals surface area contributed by atoms with Gasteiger partial charge in [0.2, 0.25) is 0 Å². The Morgan fingerprint density at radius 1 is 1.00 bits per heavy atom. The lowest BCUT2D eigenvalue weighted by Crippen LogP contribution is -2.15. The van der Waals surface area contributed by atoms with Crippen LogP contribution in [0.25, 0.3) is 27.8 Å². The second kappa shape index (κ2) is 4.95. The number of hydrogen-bond acceptors (Lipinski definition) is 2. The van der Waals surface area contributed by atoms with Gasteiger partial charge in [-0.1, -0.05) is 24.3 Å². The molecule has 1 N–H and O–H groups in total. The first-order valence-electron chi connectivity index (χ1n) is 7.12. The molecule has 0 saturated carbocycles. The molecule has 2 aromatic heterocycles. The van der Waals surface area contributed by atoms with Crippen LogP contribution in [0.1, 0.15) is 5.56 Å². The monoisotopic (exact) mass is 329 g/mol. The third-order valence-electron chi connectivity index (χ3n) is 3.83. The van der Waals surface area contributed by atoms with E-state index in [4.69, 9.17) is 0 Å². The molecule has 0 amide bonds. The standard InChI is InChI=1S/C17H10F3N3O/c18-17(19,20)11-7-5-10(6-8-11)14-9-15-21-13-4-2-1-3-12(13)16(24)23(15)22-14/h1-9,22H. The van der Waals surface area contributed by atoms with Gasteiger partial charge in [-0.3, -0.25) is 9.89 Å². The predicted octanol–water partition coefficient (Wildman–Crippen LogP) is 3.86. The molecule has 0 aliphatic carbocycles. The lowest BCUT2D eigenvalue weighted by Gasteiger charge is -2.06. The number of para-hydroxylation sites is 1. The number of rotatable bonds is 1. The number of nitrogens with one attached hydrogen (secondary N) is 1. The van der Waals surface area contributed by atoms with Gasteiger partial charge in [0, 0.05) is 6.07 Å². The van der Waals surface area contributed by atoms with Gasteiger partial charge >= 0.3 is 6.18 Å². The first-order valence-corrected chi connectivity index (χ1v) is 7.12. The molecule has 4 rings (SSSR count). The molecule has 4 aromatic rings. The van der Waals surface area contributed by atoms with Crippen molar-refractivity contribution in [2.24, 2.45) is 0 Å². The minimum absolute atomic E-state index is 0.256. The quantitative estimate of drug-likeness (QED) is 0.576. The number of alkyl halides is 3. The lowest BCUT2D eigenvalue weighted by molar-refractivity contribution is -0.137. The lowest BCUT2D eigenvalue weighted by atomic mass is 10.1. The highest BCUT2D eigenvalue weighted by Gasteiger charge is 2.30. The van der Waals surface area contributed by atoms with Crippen LogP contribution in [-0.2, 0) is 6.18 Å². The summed E-state index contributed by atoms with van der Waals surface area (Å²) in [5.41, 5.74) is 1.06. The van der Waals surface area contributed by atoms with E-state index in [1.807, 2.05) is 0 Å². The molecule has 24 heavy (non-hydrogen) atoms. The fraction of sp³-hybridized carbons (Fsp3) is 0.0588. The van der Waals surface area contributed by atoms with E-state index in [0.717, 1.165) is 12.1 Å². The molecule has 120 valence electrons. The molecule has 0 spiro atoms. The molecule has 0 radical (unpaired) electrons. The average molecular weight is 329 g/mol. The van der Waals surface area contributed by atoms with Crippen LogP contribution in [0.2, 0.25) is 0 Å². The summed E-state index contributed by atoms with van der Waals surface area (Å²) in [6.45, 7) is 0. The zero-order valence-electron chi connectivity index (χ0n) is 12.1. The molecule has 0 unspecified atom stereocenters. The Kier molecular flexibility index (Phi) is 2.99. The maximum Gasteiger partial charge on any atom is 0.416 e. The van der Waals surface area contributed by atoms with Crippen molar-refractivity contribution in [2.75, 3.05) is 0 Å². The number of nitrogens with zero attached hydrogens (tertiary/aromatic N) is 2. The molecule has 7 heteroatoms. The molecule has 4 nitrogen and oxygen atoms in total. The summed E-state index contributed by atoms with van der Waals surface area (Å²) in [5.74, 6) is 0. The van der Waals surface area contributed by atoms with Gasteiger partial charge in [-0.25, -0.2) is 9.50 Å². The van der Waals surface area contributed by atoms with Gasteiger partial charge in [0.25, 0.3) is 5.56 Å². The summed E-state index contributed by atoms with van der Waals surface area (Å²) in [6.07, 6.45) is -4.38. The Labute approximate surface area is 133 Å². The molecule has 2 heterocycles. The van der Waals surface area contributed by atoms with E-state index in [1.165, 1.54) is 16.6 Å². The smallest absolute Gasteiger partial charge is 0.289 e. The minimum atomic E-state index is -4.38. The van der Waals surface area contributed by atoms with Crippen molar-refractivity contribution in [3.63, 3.8) is 0 Å². The SMILES string of the molecule is O=c1c2ccccc2nc2cc(-c3ccc(C(F)(F)F)cc3)[nH]n12. The average Bonchev–Trinajstić information content (AvgIpc) is 2.99. The van der Waals surface area contributed by atoms with E-state index >= 15 is 0 Å². The normalized spacial score (nSPS) is 12.1. The number of benzene rings is 2. The number of fused-ring (bicyclic) bond motifs is 2. The third kappa shape index (κ3) is 2.25. The Hall–Kier alpha value is -3.09. The van der Waals surface area contributed by atoms with E-state index < -0.39 is 11.7 Å². The van der Waals surface area contributed by atoms with Gasteiger partial charge in [-0.15, -0.1) is 0 Å². The predicted molar refractivity (Wildman–Crippen MR) is 83.8 cm³/mol. The van der Waals surface area contributed by atoms with E-state index in [1.54, 1.807) is 30.3 Å². The van der Waals surface area contributed by atoms with Crippen molar-refractivity contribution in [3.05, 3.63) is 70.5 Å². The van der Waals surface area contributed by atoms with Crippen LogP contribution in [0.5, 0.6) is 0 Å². The first-order chi connectivity index (χ1) is 11.4. The number of aromatic nitrogens is 3. The van der Waals surface area contributed by atoms with Crippen molar-refractivity contribution in [1.82, 2.24) is 14.6 Å². The summed E-state index contributed by atoms with van der Waals surface area (Å²) in [5, 5.41) is 3.36. The highest BCUT2D eigenvalue weighted by atomic mass is 19.4. The van der Waals surface area contributed by atoms with Crippen LogP contribution in [0.15, 0.2) is 59.4 Å². The van der Waals surface area contributed by atoms with Gasteiger partial charge in [0.05, 0.1) is 22.2 Å². The zero-order valence-corrected chi connectivity index (χ0v) is 12.1. The van der Waals surface area contributed by atoms with Crippen LogP contribution in [0.4, 0.5) is 13.2 Å². The van der Waals surface area contributed by atoms with Crippen molar-refractivity contribution in [2.45, 2.75) is 6.18 Å². The van der Waals surface area contributed by atoms with Crippen LogP contribution in [0.3, 0.4) is 0 Å². The van der Waals surface area contributed by atoms with Gasteiger partial charge in [-0.05, 0) is 29.8 Å². The maximum atomic E-state index is 12.6. The van der Waals surface area contributed by atoms with Gasteiger partial charge < -0.3 is 0 Å². The van der Waals surface area contributed by atoms with Crippen molar-refractivity contribution < 1.29 is 13.2 Å². The van der Waals surface area contributed by atoms with E-state index in [0.29, 0.717) is 27.8 Å². The van der Waals surface area contributed by atoms with E-state index in [9.17, 15) is 18.0 Å². The molecule has 0 aliphatic heterocycles. The summed E-state index contributed by atoms with van der Waals surface area (Å²) >= 11 is 0. The molecule has 0 saturated heterocycles. The third-order valence-corrected chi connectivity index (χ3v) is 3.83. The molecule has 0 fully saturated rings. The molecular formula is C17H10F3N3O. The molecule has 2 aromatic carbocycles. The summed E-state index contributed by atoms with van der Waals surface area (Å²) in [4.78, 5) is 16.9. The molecule has 0 bridgehead atoms. The maximum absolute atomic E-state index is 12.6. The van der Waals surface area contributed by atoms with Gasteiger partial charge in [0.15, 0.2) is 5.65 Å². The highest BCUT2D eigenvalue weighted by molar-refractivity contribution is 5.80. The summed E-state index contributed by atoms with van der Waals surface area (Å²) < 4.78 is 39.2. The number of hydrogen-bond donors (Lipinski definition) is 1. The Balaban J connectivity index is 1.87. The zero-order chi connectivity index (χ0) is 16.9. The topological polar surface area (TPSA) is 50.2 Å². The van der Waals surface area contributed by atoms with Crippen LogP contribution in [0, 0.1) is 0 Å². The molecule has 0 atom stereocenters. The fourth-order valence-electron chi connectivity index (χ4n) is 2.62. The van der Waals surface area contributed by atoms with Crippen LogP contribution >= 0.6 is 0 Å². The minimum Gasteiger partial charge on any atom is -0.289 e.